The number of aromatic nitrogens is 1. The topological polar surface area (TPSA) is 85.8 Å². The fraction of sp³-hybridized carbons (Fsp3) is 0.421. The van der Waals surface area contributed by atoms with Gasteiger partial charge in [-0.25, -0.2) is 9.79 Å². The minimum absolute atomic E-state index is 0.0334. The van der Waals surface area contributed by atoms with E-state index in [0.717, 1.165) is 0 Å². The standard InChI is InChI=1S/C19H25N3O4/c1-6-25-19(24)21-15-16(14-10-8-7-9-11-14)26-18(20-12(2)3)22(13(4)5)17(15)23/h7-13H,6H2,1-5H3,(H,21,24). The SMILES string of the molecule is CCOC(=O)Nc1c(-c2ccccc2)oc(=NC(C)C)n(C(C)C)c1=O. The van der Waals surface area contributed by atoms with E-state index in [9.17, 15) is 9.59 Å². The smallest absolute Gasteiger partial charge is 0.411 e. The fourth-order valence-corrected chi connectivity index (χ4v) is 2.43. The van der Waals surface area contributed by atoms with Gasteiger partial charge in [-0.05, 0) is 34.6 Å². The predicted octanol–water partition coefficient (Wildman–Crippen LogP) is 3.57. The van der Waals surface area contributed by atoms with Gasteiger partial charge in [-0.15, -0.1) is 0 Å². The minimum Gasteiger partial charge on any atom is -0.450 e. The van der Waals surface area contributed by atoms with E-state index in [2.05, 4.69) is 10.3 Å². The van der Waals surface area contributed by atoms with Gasteiger partial charge in [0.15, 0.2) is 11.4 Å². The zero-order valence-corrected chi connectivity index (χ0v) is 15.8. The zero-order valence-electron chi connectivity index (χ0n) is 15.8. The Hall–Kier alpha value is -2.83. The van der Waals surface area contributed by atoms with Crippen LogP contribution < -0.4 is 16.6 Å². The third-order valence-corrected chi connectivity index (χ3v) is 3.48. The van der Waals surface area contributed by atoms with Gasteiger partial charge in [0.2, 0.25) is 0 Å². The molecular formula is C19H25N3O4. The second-order valence-corrected chi connectivity index (χ2v) is 6.29. The molecule has 0 atom stereocenters. The van der Waals surface area contributed by atoms with E-state index in [4.69, 9.17) is 9.15 Å². The van der Waals surface area contributed by atoms with Crippen LogP contribution in [0.1, 0.15) is 40.7 Å². The molecule has 0 saturated carbocycles. The molecule has 0 saturated heterocycles. The third kappa shape index (κ3) is 4.41. The van der Waals surface area contributed by atoms with E-state index in [1.54, 1.807) is 19.1 Å². The highest BCUT2D eigenvalue weighted by Gasteiger charge is 2.21. The third-order valence-electron chi connectivity index (χ3n) is 3.48. The molecule has 1 aromatic heterocycles. The van der Waals surface area contributed by atoms with E-state index in [1.807, 2.05) is 45.9 Å². The Balaban J connectivity index is 2.81. The lowest BCUT2D eigenvalue weighted by Crippen LogP contribution is -2.38. The zero-order chi connectivity index (χ0) is 19.3. The molecule has 0 spiro atoms. The number of ether oxygens (including phenoxy) is 1. The van der Waals surface area contributed by atoms with Gasteiger partial charge in [-0.1, -0.05) is 30.3 Å². The van der Waals surface area contributed by atoms with E-state index in [0.29, 0.717) is 5.56 Å². The molecule has 26 heavy (non-hydrogen) atoms. The first kappa shape index (κ1) is 19.5. The van der Waals surface area contributed by atoms with Crippen LogP contribution in [-0.2, 0) is 4.74 Å². The molecule has 0 aliphatic heterocycles. The summed E-state index contributed by atoms with van der Waals surface area (Å²) in [6, 6.07) is 8.85. The molecule has 0 aliphatic rings. The normalized spacial score (nSPS) is 11.9. The quantitative estimate of drug-likeness (QED) is 0.884. The van der Waals surface area contributed by atoms with Crippen LogP contribution in [0.4, 0.5) is 10.5 Å². The summed E-state index contributed by atoms with van der Waals surface area (Å²) in [4.78, 5) is 29.5. The lowest BCUT2D eigenvalue weighted by atomic mass is 10.1. The summed E-state index contributed by atoms with van der Waals surface area (Å²) in [5, 5.41) is 2.52. The van der Waals surface area contributed by atoms with Crippen LogP contribution in [-0.4, -0.2) is 23.3 Å². The number of carbonyl (C=O) groups excluding carboxylic acids is 1. The van der Waals surface area contributed by atoms with Gasteiger partial charge in [-0.3, -0.25) is 14.7 Å². The molecule has 0 aliphatic carbocycles. The summed E-state index contributed by atoms with van der Waals surface area (Å²) >= 11 is 0. The first-order valence-corrected chi connectivity index (χ1v) is 8.67. The van der Waals surface area contributed by atoms with Crippen molar-refractivity contribution in [2.24, 2.45) is 4.99 Å². The average Bonchev–Trinajstić information content (AvgIpc) is 2.57. The van der Waals surface area contributed by atoms with Crippen LogP contribution in [0.15, 0.2) is 44.5 Å². The summed E-state index contributed by atoms with van der Waals surface area (Å²) in [7, 11) is 0. The van der Waals surface area contributed by atoms with Crippen molar-refractivity contribution < 1.29 is 13.9 Å². The highest BCUT2D eigenvalue weighted by molar-refractivity contribution is 5.89. The maximum atomic E-state index is 13.1. The van der Waals surface area contributed by atoms with Gasteiger partial charge in [-0.2, -0.15) is 0 Å². The number of amides is 1. The molecule has 140 valence electrons. The Morgan fingerprint density at radius 2 is 1.88 bits per heavy atom. The minimum atomic E-state index is -0.708. The maximum absolute atomic E-state index is 13.1. The molecule has 1 amide bonds. The summed E-state index contributed by atoms with van der Waals surface area (Å²) in [6.07, 6.45) is -0.708. The first-order chi connectivity index (χ1) is 12.3. The van der Waals surface area contributed by atoms with Crippen LogP contribution >= 0.6 is 0 Å². The highest BCUT2D eigenvalue weighted by Crippen LogP contribution is 2.24. The van der Waals surface area contributed by atoms with Gasteiger partial charge in [0.05, 0.1) is 6.61 Å². The number of carbonyl (C=O) groups is 1. The van der Waals surface area contributed by atoms with E-state index in [1.165, 1.54) is 4.57 Å². The first-order valence-electron chi connectivity index (χ1n) is 8.67. The summed E-state index contributed by atoms with van der Waals surface area (Å²) in [5.74, 6) is 0.250. The van der Waals surface area contributed by atoms with Crippen LogP contribution in [0, 0.1) is 0 Å². The summed E-state index contributed by atoms with van der Waals surface area (Å²) in [5.41, 5.74) is 0.518. The maximum Gasteiger partial charge on any atom is 0.411 e. The Bertz CT molecular complexity index is 880. The van der Waals surface area contributed by atoms with Gasteiger partial charge in [0.1, 0.15) is 0 Å². The Kier molecular flexibility index (Phi) is 6.38. The van der Waals surface area contributed by atoms with Crippen molar-refractivity contribution in [3.8, 4) is 11.3 Å². The van der Waals surface area contributed by atoms with Crippen LogP contribution in [0.2, 0.25) is 0 Å². The molecule has 0 radical (unpaired) electrons. The number of nitrogens with zero attached hydrogens (tertiary/aromatic N) is 2. The van der Waals surface area contributed by atoms with Gasteiger partial charge >= 0.3 is 11.8 Å². The lowest BCUT2D eigenvalue weighted by Gasteiger charge is -2.16. The summed E-state index contributed by atoms with van der Waals surface area (Å²) < 4.78 is 12.3. The largest absolute Gasteiger partial charge is 0.450 e. The molecule has 0 unspecified atom stereocenters. The Morgan fingerprint density at radius 3 is 2.42 bits per heavy atom. The average molecular weight is 359 g/mol. The monoisotopic (exact) mass is 359 g/mol. The van der Waals surface area contributed by atoms with Crippen molar-refractivity contribution in [1.29, 1.82) is 0 Å². The van der Waals surface area contributed by atoms with Crippen molar-refractivity contribution in [3.05, 3.63) is 46.4 Å². The van der Waals surface area contributed by atoms with E-state index in [-0.39, 0.29) is 35.8 Å². The van der Waals surface area contributed by atoms with E-state index >= 15 is 0 Å². The Labute approximate surface area is 152 Å². The van der Waals surface area contributed by atoms with Crippen molar-refractivity contribution in [3.63, 3.8) is 0 Å². The lowest BCUT2D eigenvalue weighted by molar-refractivity contribution is 0.167. The predicted molar refractivity (Wildman–Crippen MR) is 100 cm³/mol. The van der Waals surface area contributed by atoms with Gasteiger partial charge in [0, 0.05) is 17.6 Å². The highest BCUT2D eigenvalue weighted by atomic mass is 16.5. The second-order valence-electron chi connectivity index (χ2n) is 6.29. The number of anilines is 1. The molecule has 1 aromatic carbocycles. The van der Waals surface area contributed by atoms with Crippen LogP contribution in [0.5, 0.6) is 0 Å². The van der Waals surface area contributed by atoms with Gasteiger partial charge < -0.3 is 9.15 Å². The number of benzene rings is 1. The summed E-state index contributed by atoms with van der Waals surface area (Å²) in [6.45, 7) is 9.40. The molecule has 2 aromatic rings. The van der Waals surface area contributed by atoms with Crippen molar-refractivity contribution >= 4 is 11.8 Å². The molecule has 7 nitrogen and oxygen atoms in total. The number of hydrogen-bond donors (Lipinski definition) is 1. The number of rotatable bonds is 5. The number of hydrogen-bond acceptors (Lipinski definition) is 5. The second kappa shape index (κ2) is 8.51. The number of nitrogens with one attached hydrogen (secondary N) is 1. The van der Waals surface area contributed by atoms with Crippen molar-refractivity contribution in [2.45, 2.75) is 46.7 Å². The Morgan fingerprint density at radius 1 is 1.23 bits per heavy atom. The van der Waals surface area contributed by atoms with E-state index < -0.39 is 11.7 Å². The molecule has 0 bridgehead atoms. The van der Waals surface area contributed by atoms with Crippen molar-refractivity contribution in [2.75, 3.05) is 11.9 Å². The molecule has 1 heterocycles. The molecule has 7 heteroatoms. The molecular weight excluding hydrogens is 334 g/mol. The fourth-order valence-electron chi connectivity index (χ4n) is 2.43. The van der Waals surface area contributed by atoms with Crippen LogP contribution in [0.3, 0.4) is 0 Å². The van der Waals surface area contributed by atoms with Crippen molar-refractivity contribution in [1.82, 2.24) is 4.57 Å². The molecule has 0 fully saturated rings. The molecule has 1 N–H and O–H groups in total. The van der Waals surface area contributed by atoms with Crippen LogP contribution in [0.25, 0.3) is 11.3 Å². The molecule has 2 rings (SSSR count). The van der Waals surface area contributed by atoms with Gasteiger partial charge in [0.25, 0.3) is 5.56 Å².